The summed E-state index contributed by atoms with van der Waals surface area (Å²) in [6, 6.07) is 17.9. The predicted octanol–water partition coefficient (Wildman–Crippen LogP) is 5.28. The number of methoxy groups -OCH3 is 1. The number of ketones is 1. The van der Waals surface area contributed by atoms with Crippen molar-refractivity contribution in [3.63, 3.8) is 0 Å². The van der Waals surface area contributed by atoms with Crippen LogP contribution in [0.3, 0.4) is 0 Å². The van der Waals surface area contributed by atoms with Crippen LogP contribution in [-0.4, -0.2) is 24.5 Å². The van der Waals surface area contributed by atoms with Crippen LogP contribution >= 0.6 is 0 Å². The molecule has 2 aliphatic rings. The largest absolute Gasteiger partial charge is 0.496 e. The van der Waals surface area contributed by atoms with Crippen LogP contribution < -0.4 is 14.2 Å². The number of fused-ring (bicyclic) bond motifs is 3. The minimum Gasteiger partial charge on any atom is -0.496 e. The van der Waals surface area contributed by atoms with Crippen molar-refractivity contribution >= 4 is 11.9 Å². The van der Waals surface area contributed by atoms with E-state index in [4.69, 9.17) is 14.2 Å². The molecule has 3 aromatic carbocycles. The molecule has 0 unspecified atom stereocenters. The number of rotatable bonds is 4. The summed E-state index contributed by atoms with van der Waals surface area (Å²) in [5.74, 6) is 2.53. The van der Waals surface area contributed by atoms with Crippen molar-refractivity contribution in [2.24, 2.45) is 0 Å². The van der Waals surface area contributed by atoms with Gasteiger partial charge in [0.05, 0.1) is 18.2 Å². The fourth-order valence-electron chi connectivity index (χ4n) is 4.34. The smallest absolute Gasteiger partial charge is 0.232 e. The fraction of sp³-hybridized carbons (Fsp3) is 0.222. The molecule has 0 amide bonds. The SMILES string of the molecule is COc1ccccc1CN1COc2cc(C)c3c(c2C1)O/C(=C\c1ccccc1C)C3=O. The van der Waals surface area contributed by atoms with Gasteiger partial charge < -0.3 is 14.2 Å². The van der Waals surface area contributed by atoms with E-state index in [9.17, 15) is 4.79 Å². The molecule has 0 aromatic heterocycles. The van der Waals surface area contributed by atoms with Gasteiger partial charge in [0.25, 0.3) is 0 Å². The molecule has 5 rings (SSSR count). The van der Waals surface area contributed by atoms with Gasteiger partial charge in [-0.15, -0.1) is 0 Å². The highest BCUT2D eigenvalue weighted by molar-refractivity contribution is 6.16. The predicted molar refractivity (Wildman–Crippen MR) is 123 cm³/mol. The Morgan fingerprint density at radius 1 is 1.06 bits per heavy atom. The van der Waals surface area contributed by atoms with Gasteiger partial charge in [-0.3, -0.25) is 9.69 Å². The van der Waals surface area contributed by atoms with E-state index in [-0.39, 0.29) is 5.78 Å². The van der Waals surface area contributed by atoms with Crippen molar-refractivity contribution in [2.75, 3.05) is 13.8 Å². The molecule has 2 aliphatic heterocycles. The quantitative estimate of drug-likeness (QED) is 0.530. The van der Waals surface area contributed by atoms with E-state index in [1.54, 1.807) is 7.11 Å². The zero-order chi connectivity index (χ0) is 22.2. The molecule has 162 valence electrons. The highest BCUT2D eigenvalue weighted by Crippen LogP contribution is 2.44. The van der Waals surface area contributed by atoms with Crippen LogP contribution in [0.5, 0.6) is 17.2 Å². The number of aryl methyl sites for hydroxylation is 2. The minimum atomic E-state index is -0.0783. The summed E-state index contributed by atoms with van der Waals surface area (Å²) in [5.41, 5.74) is 5.57. The molecule has 5 nitrogen and oxygen atoms in total. The van der Waals surface area contributed by atoms with Crippen molar-refractivity contribution < 1.29 is 19.0 Å². The number of hydrogen-bond donors (Lipinski definition) is 0. The topological polar surface area (TPSA) is 48.0 Å². The number of carbonyl (C=O) groups is 1. The van der Waals surface area contributed by atoms with Gasteiger partial charge in [0.1, 0.15) is 24.0 Å². The third-order valence-corrected chi connectivity index (χ3v) is 6.05. The molecule has 0 aliphatic carbocycles. The Bertz CT molecular complexity index is 1240. The second-order valence-corrected chi connectivity index (χ2v) is 8.24. The van der Waals surface area contributed by atoms with Gasteiger partial charge in [0.15, 0.2) is 5.76 Å². The molecule has 0 N–H and O–H groups in total. The number of para-hydroxylation sites is 1. The molecule has 2 heterocycles. The first kappa shape index (κ1) is 20.3. The Labute approximate surface area is 187 Å². The Morgan fingerprint density at radius 2 is 1.84 bits per heavy atom. The van der Waals surface area contributed by atoms with Crippen molar-refractivity contribution in [3.05, 3.63) is 93.7 Å². The van der Waals surface area contributed by atoms with Crippen molar-refractivity contribution in [1.82, 2.24) is 4.90 Å². The lowest BCUT2D eigenvalue weighted by molar-refractivity contribution is 0.0864. The Hall–Kier alpha value is -3.57. The molecular weight excluding hydrogens is 402 g/mol. The van der Waals surface area contributed by atoms with Gasteiger partial charge in [0, 0.05) is 18.7 Å². The van der Waals surface area contributed by atoms with Crippen LogP contribution in [0, 0.1) is 13.8 Å². The number of benzene rings is 3. The molecule has 0 fully saturated rings. The summed E-state index contributed by atoms with van der Waals surface area (Å²) in [6.07, 6.45) is 1.83. The fourth-order valence-corrected chi connectivity index (χ4v) is 4.34. The van der Waals surface area contributed by atoms with Crippen LogP contribution in [-0.2, 0) is 13.1 Å². The molecule has 0 bridgehead atoms. The Morgan fingerprint density at radius 3 is 2.66 bits per heavy atom. The van der Waals surface area contributed by atoms with E-state index >= 15 is 0 Å². The molecule has 5 heteroatoms. The maximum atomic E-state index is 13.2. The monoisotopic (exact) mass is 427 g/mol. The van der Waals surface area contributed by atoms with Gasteiger partial charge in [-0.05, 0) is 48.7 Å². The molecule has 0 atom stereocenters. The molecule has 32 heavy (non-hydrogen) atoms. The average molecular weight is 428 g/mol. The lowest BCUT2D eigenvalue weighted by Gasteiger charge is -2.30. The van der Waals surface area contributed by atoms with E-state index in [1.807, 2.05) is 68.5 Å². The Balaban J connectivity index is 1.47. The number of ether oxygens (including phenoxy) is 3. The lowest BCUT2D eigenvalue weighted by atomic mass is 9.98. The highest BCUT2D eigenvalue weighted by atomic mass is 16.5. The zero-order valence-corrected chi connectivity index (χ0v) is 18.5. The van der Waals surface area contributed by atoms with Crippen LogP contribution in [0.4, 0.5) is 0 Å². The van der Waals surface area contributed by atoms with Gasteiger partial charge in [-0.25, -0.2) is 0 Å². The van der Waals surface area contributed by atoms with E-state index in [0.29, 0.717) is 36.9 Å². The van der Waals surface area contributed by atoms with E-state index in [2.05, 4.69) is 11.0 Å². The molecule has 0 saturated heterocycles. The summed E-state index contributed by atoms with van der Waals surface area (Å²) < 4.78 is 17.7. The standard InChI is InChI=1S/C27H25NO4/c1-17-8-4-5-9-19(17)13-24-26(29)25-18(2)12-23-21(27(25)32-24)15-28(16-31-23)14-20-10-6-7-11-22(20)30-3/h4-13H,14-16H2,1-3H3/b24-13-. The first-order chi connectivity index (χ1) is 15.5. The maximum absolute atomic E-state index is 13.2. The second-order valence-electron chi connectivity index (χ2n) is 8.24. The van der Waals surface area contributed by atoms with Crippen LogP contribution in [0.15, 0.2) is 60.4 Å². The zero-order valence-electron chi connectivity index (χ0n) is 18.5. The summed E-state index contributed by atoms with van der Waals surface area (Å²) in [7, 11) is 1.68. The maximum Gasteiger partial charge on any atom is 0.232 e. The van der Waals surface area contributed by atoms with E-state index in [0.717, 1.165) is 39.3 Å². The molecule has 0 radical (unpaired) electrons. The molecule has 0 saturated carbocycles. The van der Waals surface area contributed by atoms with Crippen molar-refractivity contribution in [1.29, 1.82) is 0 Å². The summed E-state index contributed by atoms with van der Waals surface area (Å²) in [5, 5.41) is 0. The van der Waals surface area contributed by atoms with E-state index < -0.39 is 0 Å². The molecular formula is C27H25NO4. The third-order valence-electron chi connectivity index (χ3n) is 6.05. The van der Waals surface area contributed by atoms with Gasteiger partial charge in [-0.1, -0.05) is 42.5 Å². The Kier molecular flexibility index (Phi) is 5.19. The number of hydrogen-bond acceptors (Lipinski definition) is 5. The second kappa shape index (κ2) is 8.17. The van der Waals surface area contributed by atoms with Gasteiger partial charge in [0.2, 0.25) is 5.78 Å². The van der Waals surface area contributed by atoms with Crippen molar-refractivity contribution in [2.45, 2.75) is 26.9 Å². The summed E-state index contributed by atoms with van der Waals surface area (Å²) in [6.45, 7) is 5.72. The average Bonchev–Trinajstić information content (AvgIpc) is 3.13. The number of Topliss-reactive ketones (excluding diaryl/α,β-unsaturated/α-hetero) is 1. The number of nitrogens with zero attached hydrogens (tertiary/aromatic N) is 1. The molecule has 3 aromatic rings. The number of allylic oxidation sites excluding steroid dienone is 1. The summed E-state index contributed by atoms with van der Waals surface area (Å²) >= 11 is 0. The first-order valence-electron chi connectivity index (χ1n) is 10.7. The number of carbonyl (C=O) groups excluding carboxylic acids is 1. The van der Waals surface area contributed by atoms with Gasteiger partial charge in [-0.2, -0.15) is 0 Å². The highest BCUT2D eigenvalue weighted by Gasteiger charge is 2.35. The summed E-state index contributed by atoms with van der Waals surface area (Å²) in [4.78, 5) is 15.4. The first-order valence-corrected chi connectivity index (χ1v) is 10.7. The van der Waals surface area contributed by atoms with Crippen LogP contribution in [0.1, 0.15) is 38.2 Å². The minimum absolute atomic E-state index is 0.0783. The normalized spacial score (nSPS) is 16.3. The lowest BCUT2D eigenvalue weighted by Crippen LogP contribution is -2.32. The van der Waals surface area contributed by atoms with Crippen molar-refractivity contribution in [3.8, 4) is 17.2 Å². The van der Waals surface area contributed by atoms with Crippen LogP contribution in [0.25, 0.3) is 6.08 Å². The van der Waals surface area contributed by atoms with E-state index in [1.165, 1.54) is 0 Å². The third kappa shape index (κ3) is 3.55. The molecule has 0 spiro atoms. The van der Waals surface area contributed by atoms with Crippen LogP contribution in [0.2, 0.25) is 0 Å². The van der Waals surface area contributed by atoms with Gasteiger partial charge >= 0.3 is 0 Å².